The molecule has 9 atom stereocenters. The molecule has 0 radical (unpaired) electrons. The number of aromatic hydroxyl groups is 1. The number of hydrogen-bond donors (Lipinski definition) is 13. The number of carboxylic acids is 1. The molecular weight excluding hydrogens is 1050 g/mol. The Labute approximate surface area is 442 Å². The Balaban J connectivity index is 0.00000263. The van der Waals surface area contributed by atoms with Gasteiger partial charge < -0.3 is 75.3 Å². The van der Waals surface area contributed by atoms with E-state index >= 15 is 0 Å². The summed E-state index contributed by atoms with van der Waals surface area (Å²) in [6.07, 6.45) is -5.78. The molecule has 2 saturated heterocycles. The van der Waals surface area contributed by atoms with Gasteiger partial charge in [0.25, 0.3) is 0 Å². The number of alkyl halides is 3. The van der Waals surface area contributed by atoms with Crippen LogP contribution in [0, 0.1) is 11.8 Å². The molecule has 0 bridgehead atoms. The summed E-state index contributed by atoms with van der Waals surface area (Å²) in [6.45, 7) is 6.60. The van der Waals surface area contributed by atoms with E-state index in [4.69, 9.17) is 32.8 Å². The second-order valence-electron chi connectivity index (χ2n) is 18.2. The van der Waals surface area contributed by atoms with E-state index < -0.39 is 157 Å². The Kier molecular flexibility index (Phi) is 26.8. The Bertz CT molecular complexity index is 2270. The van der Waals surface area contributed by atoms with Crippen LogP contribution < -0.4 is 60.2 Å². The topological polar surface area (TPSA) is 437 Å². The second kappa shape index (κ2) is 31.2. The van der Waals surface area contributed by atoms with Crippen LogP contribution in [0.25, 0.3) is 0 Å². The molecular formula is C45H67F3N12O14S2. The van der Waals surface area contributed by atoms with Crippen molar-refractivity contribution in [2.45, 2.75) is 134 Å². The van der Waals surface area contributed by atoms with Gasteiger partial charge in [0.2, 0.25) is 65.0 Å². The minimum atomic E-state index is -5.08. The zero-order valence-corrected chi connectivity index (χ0v) is 43.7. The normalized spacial score (nSPS) is 23.1. The largest absolute Gasteiger partial charge is 0.508 e. The number of carbonyl (C=O) groups is 12. The van der Waals surface area contributed by atoms with Gasteiger partial charge in [0, 0.05) is 30.9 Å². The van der Waals surface area contributed by atoms with Gasteiger partial charge in [-0.2, -0.15) is 13.2 Å². The number of carbonyl (C=O) groups excluding carboxylic acids is 11. The van der Waals surface area contributed by atoms with Gasteiger partial charge in [-0.25, -0.2) is 4.79 Å². The number of benzene rings is 1. The van der Waals surface area contributed by atoms with Gasteiger partial charge in [-0.1, -0.05) is 67.8 Å². The van der Waals surface area contributed by atoms with Crippen molar-refractivity contribution >= 4 is 92.5 Å². The predicted octanol–water partition coefficient (Wildman–Crippen LogP) is -2.98. The summed E-state index contributed by atoms with van der Waals surface area (Å²) in [4.78, 5) is 157. The van der Waals surface area contributed by atoms with Crippen LogP contribution in [0.4, 0.5) is 13.2 Å². The lowest BCUT2D eigenvalue weighted by Crippen LogP contribution is -2.61. The van der Waals surface area contributed by atoms with Gasteiger partial charge in [0.1, 0.15) is 48.0 Å². The number of hydrogen-bond acceptors (Lipinski definition) is 16. The van der Waals surface area contributed by atoms with E-state index in [-0.39, 0.29) is 49.0 Å². The fraction of sp³-hybridized carbons (Fsp3) is 0.600. The quantitative estimate of drug-likeness (QED) is 0.0693. The first-order valence-electron chi connectivity index (χ1n) is 23.8. The molecule has 31 heteroatoms. The highest BCUT2D eigenvalue weighted by Crippen LogP contribution is 2.26. The summed E-state index contributed by atoms with van der Waals surface area (Å²) >= 11 is 0. The van der Waals surface area contributed by atoms with Gasteiger partial charge in [0.05, 0.1) is 19.0 Å². The summed E-state index contributed by atoms with van der Waals surface area (Å²) in [6, 6.07) is -5.05. The molecule has 1 aromatic rings. The van der Waals surface area contributed by atoms with Crippen molar-refractivity contribution in [2.24, 2.45) is 34.8 Å². The summed E-state index contributed by atoms with van der Waals surface area (Å²) in [5, 5.41) is 34.8. The molecule has 11 amide bonds. The van der Waals surface area contributed by atoms with Crippen LogP contribution in [0.15, 0.2) is 24.3 Å². The van der Waals surface area contributed by atoms with Crippen LogP contribution >= 0.6 is 21.6 Å². The Morgan fingerprint density at radius 1 is 0.789 bits per heavy atom. The Hall–Kier alpha value is -6.89. The molecule has 1 aromatic carbocycles. The molecule has 0 saturated carbocycles. The van der Waals surface area contributed by atoms with Gasteiger partial charge in [-0.15, -0.1) is 0 Å². The van der Waals surface area contributed by atoms with Crippen LogP contribution in [0.2, 0.25) is 0 Å². The number of primary amides is 3. The van der Waals surface area contributed by atoms with Crippen molar-refractivity contribution in [2.75, 3.05) is 24.6 Å². The first kappa shape index (κ1) is 65.2. The third-order valence-electron chi connectivity index (χ3n) is 11.5. The Morgan fingerprint density at radius 3 is 1.91 bits per heavy atom. The molecule has 424 valence electrons. The number of carboxylic acid groups (broad SMARTS) is 1. The van der Waals surface area contributed by atoms with Gasteiger partial charge in [0.15, 0.2) is 0 Å². The van der Waals surface area contributed by atoms with Crippen molar-refractivity contribution in [3.63, 3.8) is 0 Å². The molecule has 2 aliphatic heterocycles. The first-order valence-corrected chi connectivity index (χ1v) is 26.3. The van der Waals surface area contributed by atoms with Crippen molar-refractivity contribution in [1.82, 2.24) is 42.1 Å². The highest BCUT2D eigenvalue weighted by molar-refractivity contribution is 8.76. The van der Waals surface area contributed by atoms with E-state index in [1.54, 1.807) is 13.8 Å². The van der Waals surface area contributed by atoms with Crippen LogP contribution in [0.5, 0.6) is 5.75 Å². The third kappa shape index (κ3) is 22.5. The zero-order chi connectivity index (χ0) is 57.6. The number of halogens is 3. The average Bonchev–Trinajstić information content (AvgIpc) is 3.83. The fourth-order valence-corrected chi connectivity index (χ4v) is 9.62. The van der Waals surface area contributed by atoms with Crippen LogP contribution in [-0.4, -0.2) is 165 Å². The predicted molar refractivity (Wildman–Crippen MR) is 268 cm³/mol. The highest BCUT2D eigenvalue weighted by Gasteiger charge is 2.41. The molecule has 76 heavy (non-hydrogen) atoms. The van der Waals surface area contributed by atoms with E-state index in [0.29, 0.717) is 18.4 Å². The van der Waals surface area contributed by atoms with E-state index in [2.05, 4.69) is 37.2 Å². The van der Waals surface area contributed by atoms with E-state index in [1.807, 2.05) is 13.8 Å². The molecule has 2 heterocycles. The molecule has 2 fully saturated rings. The van der Waals surface area contributed by atoms with Crippen molar-refractivity contribution in [3.8, 4) is 5.75 Å². The molecule has 0 aromatic heterocycles. The molecule has 0 aliphatic carbocycles. The highest BCUT2D eigenvalue weighted by atomic mass is 33.1. The summed E-state index contributed by atoms with van der Waals surface area (Å²) < 4.78 is 31.7. The minimum Gasteiger partial charge on any atom is -0.508 e. The maximum atomic E-state index is 14.5. The van der Waals surface area contributed by atoms with Crippen molar-refractivity contribution < 1.29 is 80.9 Å². The minimum absolute atomic E-state index is 0.0468. The SMILES string of the molecule is CC[C@H](C)[C@@H]1NC(=O)[C@H](Cc2ccc(O)cc2)NC(=O)[C@@H](N)CSSC[C@@H](C(=O)N2CCC[C@H]2C(=O)N[C@@H](CC(C)C)C(=O)NCC(N)=O)NC(=O)[C@H](CC(N)=O)NC(=O)[C@@H](CCC(N)=O)NC1=O.O=C(O)C(F)(F)F. The number of aliphatic carboxylic acids is 1. The van der Waals surface area contributed by atoms with Crippen molar-refractivity contribution in [1.29, 1.82) is 0 Å². The lowest BCUT2D eigenvalue weighted by molar-refractivity contribution is -0.192. The lowest BCUT2D eigenvalue weighted by atomic mass is 9.96. The summed E-state index contributed by atoms with van der Waals surface area (Å²) in [5.41, 5.74) is 22.9. The summed E-state index contributed by atoms with van der Waals surface area (Å²) in [5.74, 6) is -13.1. The summed E-state index contributed by atoms with van der Waals surface area (Å²) in [7, 11) is 2.05. The standard InChI is InChI=1S/C43H66N12O12S2.C2HF3O2/c1-5-22(4)35-42(66)49-26(12-13-32(45)57)38(62)51-29(17-33(46)58)39(63)53-30(20-69-68-19-25(44)36(60)50-28(40(64)54-35)16-23-8-10-24(56)11-9-23)43(67)55-14-6-7-31(55)41(65)52-27(15-21(2)3)37(61)48-18-34(47)59;3-2(4,5)1(6)7/h8-11,21-22,25-31,35,56H,5-7,12-20,44H2,1-4H3,(H2,45,57)(H2,46,58)(H2,47,59)(H,48,61)(H,49,66)(H,50,60)(H,51,62)(H,52,65)(H,53,63)(H,54,64);(H,6,7)/t22-,25-,26+,27-,28-,29-,30-,31-,35-;/m0./s1. The van der Waals surface area contributed by atoms with Gasteiger partial charge in [-0.05, 0) is 55.2 Å². The van der Waals surface area contributed by atoms with Gasteiger partial charge >= 0.3 is 12.1 Å². The number of amides is 11. The Morgan fingerprint density at radius 2 is 1.36 bits per heavy atom. The molecule has 3 rings (SSSR count). The lowest BCUT2D eigenvalue weighted by Gasteiger charge is -2.31. The van der Waals surface area contributed by atoms with E-state index in [1.165, 1.54) is 29.2 Å². The third-order valence-corrected chi connectivity index (χ3v) is 14.0. The van der Waals surface area contributed by atoms with Gasteiger partial charge in [-0.3, -0.25) is 52.7 Å². The molecule has 17 N–H and O–H groups in total. The van der Waals surface area contributed by atoms with Crippen molar-refractivity contribution in [3.05, 3.63) is 29.8 Å². The number of phenolic OH excluding ortho intramolecular Hbond substituents is 1. The second-order valence-corrected chi connectivity index (χ2v) is 20.8. The van der Waals surface area contributed by atoms with Crippen LogP contribution in [-0.2, 0) is 64.0 Å². The smallest absolute Gasteiger partial charge is 0.490 e. The zero-order valence-electron chi connectivity index (χ0n) is 42.1. The van der Waals surface area contributed by atoms with Crippen LogP contribution in [0.1, 0.15) is 78.2 Å². The van der Waals surface area contributed by atoms with E-state index in [9.17, 15) is 71.0 Å². The molecule has 26 nitrogen and oxygen atoms in total. The maximum Gasteiger partial charge on any atom is 0.490 e. The number of phenols is 1. The van der Waals surface area contributed by atoms with E-state index in [0.717, 1.165) is 21.6 Å². The fourth-order valence-electron chi connectivity index (χ4n) is 7.34. The molecule has 0 spiro atoms. The molecule has 0 unspecified atom stereocenters. The number of likely N-dealkylation sites (tertiary alicyclic amines) is 1. The number of nitrogens with one attached hydrogen (secondary N) is 7. The maximum absolute atomic E-state index is 14.5. The first-order chi connectivity index (χ1) is 35.4. The average molecular weight is 1120 g/mol. The molecule has 2 aliphatic rings. The number of rotatable bonds is 17. The number of nitrogens with zero attached hydrogens (tertiary/aromatic N) is 1. The number of nitrogens with two attached hydrogens (primary N) is 4. The monoisotopic (exact) mass is 1120 g/mol. The van der Waals surface area contributed by atoms with Crippen LogP contribution in [0.3, 0.4) is 0 Å².